The van der Waals surface area contributed by atoms with Gasteiger partial charge in [-0.25, -0.2) is 0 Å². The fraction of sp³-hybridized carbons (Fsp3) is 0.400. The molecular weight excluding hydrogens is 326 g/mol. The van der Waals surface area contributed by atoms with E-state index in [0.717, 1.165) is 30.4 Å². The van der Waals surface area contributed by atoms with Crippen molar-refractivity contribution in [3.8, 4) is 0 Å². The first-order chi connectivity index (χ1) is 12.6. The topological polar surface area (TPSA) is 78.2 Å². The first kappa shape index (κ1) is 18.0. The van der Waals surface area contributed by atoms with Gasteiger partial charge in [-0.2, -0.15) is 0 Å². The highest BCUT2D eigenvalue weighted by Gasteiger charge is 2.09. The summed E-state index contributed by atoms with van der Waals surface area (Å²) in [7, 11) is 1.77. The monoisotopic (exact) mass is 353 g/mol. The quantitative estimate of drug-likeness (QED) is 0.468. The first-order valence-electron chi connectivity index (χ1n) is 9.04. The van der Waals surface area contributed by atoms with Gasteiger partial charge < -0.3 is 20.1 Å². The van der Waals surface area contributed by atoms with Crippen molar-refractivity contribution >= 4 is 16.9 Å². The van der Waals surface area contributed by atoms with E-state index in [1.54, 1.807) is 7.05 Å². The van der Waals surface area contributed by atoms with Crippen LogP contribution in [0.3, 0.4) is 0 Å². The molecule has 0 amide bonds. The van der Waals surface area contributed by atoms with Crippen LogP contribution in [0.2, 0.25) is 0 Å². The van der Waals surface area contributed by atoms with Gasteiger partial charge in [-0.05, 0) is 30.4 Å². The van der Waals surface area contributed by atoms with Gasteiger partial charge in [0.15, 0.2) is 11.7 Å². The third kappa shape index (κ3) is 4.07. The van der Waals surface area contributed by atoms with Crippen molar-refractivity contribution in [3.05, 3.63) is 53.0 Å². The first-order valence-corrected chi connectivity index (χ1v) is 9.04. The predicted octanol–water partition coefficient (Wildman–Crippen LogP) is 3.50. The summed E-state index contributed by atoms with van der Waals surface area (Å²) in [5, 5.41) is 12.0. The van der Waals surface area contributed by atoms with Crippen LogP contribution >= 0.6 is 0 Å². The molecule has 138 valence electrons. The third-order valence-corrected chi connectivity index (χ3v) is 4.52. The van der Waals surface area contributed by atoms with Crippen molar-refractivity contribution in [2.24, 2.45) is 4.99 Å². The van der Waals surface area contributed by atoms with E-state index in [1.165, 1.54) is 22.0 Å². The van der Waals surface area contributed by atoms with Crippen LogP contribution in [0.15, 0.2) is 40.0 Å². The van der Waals surface area contributed by atoms with Crippen LogP contribution in [0.5, 0.6) is 0 Å². The Balaban J connectivity index is 1.51. The molecule has 2 aromatic heterocycles. The van der Waals surface area contributed by atoms with Gasteiger partial charge in [0.2, 0.25) is 0 Å². The minimum absolute atomic E-state index is 0.366. The van der Waals surface area contributed by atoms with Crippen LogP contribution in [0, 0.1) is 6.92 Å². The second-order valence-electron chi connectivity index (χ2n) is 6.79. The van der Waals surface area contributed by atoms with Gasteiger partial charge in [0, 0.05) is 36.8 Å². The molecule has 3 N–H and O–H groups in total. The summed E-state index contributed by atoms with van der Waals surface area (Å²) in [5.74, 6) is 1.93. The Morgan fingerprint density at radius 3 is 2.88 bits per heavy atom. The average Bonchev–Trinajstić information content (AvgIpc) is 3.26. The van der Waals surface area contributed by atoms with E-state index < -0.39 is 0 Å². The zero-order chi connectivity index (χ0) is 18.5. The molecule has 6 nitrogen and oxygen atoms in total. The van der Waals surface area contributed by atoms with Crippen LogP contribution in [-0.2, 0) is 13.0 Å². The molecule has 0 fully saturated rings. The highest BCUT2D eigenvalue weighted by atomic mass is 16.5. The van der Waals surface area contributed by atoms with E-state index >= 15 is 0 Å². The smallest absolute Gasteiger partial charge is 0.191 e. The Kier molecular flexibility index (Phi) is 5.61. The van der Waals surface area contributed by atoms with Crippen molar-refractivity contribution < 1.29 is 4.52 Å². The fourth-order valence-corrected chi connectivity index (χ4v) is 2.96. The highest BCUT2D eigenvalue weighted by molar-refractivity contribution is 5.86. The largest absolute Gasteiger partial charge is 0.361 e. The number of benzene rings is 1. The molecule has 0 saturated heterocycles. The zero-order valence-corrected chi connectivity index (χ0v) is 15.9. The van der Waals surface area contributed by atoms with E-state index in [-0.39, 0.29) is 0 Å². The third-order valence-electron chi connectivity index (χ3n) is 4.52. The van der Waals surface area contributed by atoms with Crippen molar-refractivity contribution in [2.75, 3.05) is 13.6 Å². The molecule has 3 rings (SSSR count). The molecule has 0 spiro atoms. The van der Waals surface area contributed by atoms with E-state index in [9.17, 15) is 0 Å². The van der Waals surface area contributed by atoms with Crippen molar-refractivity contribution in [1.82, 2.24) is 20.8 Å². The van der Waals surface area contributed by atoms with Gasteiger partial charge in [-0.15, -0.1) is 0 Å². The lowest BCUT2D eigenvalue weighted by molar-refractivity contribution is 0.372. The molecule has 6 heteroatoms. The molecular formula is C20H27N5O. The summed E-state index contributed by atoms with van der Waals surface area (Å²) < 4.78 is 5.34. The lowest BCUT2D eigenvalue weighted by atomic mass is 10.1. The van der Waals surface area contributed by atoms with E-state index in [0.29, 0.717) is 12.5 Å². The van der Waals surface area contributed by atoms with Gasteiger partial charge in [0.1, 0.15) is 0 Å². The zero-order valence-electron chi connectivity index (χ0n) is 15.9. The maximum Gasteiger partial charge on any atom is 0.191 e. The number of para-hydroxylation sites is 1. The standard InChI is InChI=1S/C20H27N5O/c1-13(2)18-10-16(26-25-18)12-24-20(21-4)22-9-8-15-11-23-19-14(3)6-5-7-17(15)19/h5-7,10-11,13,23H,8-9,12H2,1-4H3,(H2,21,22,24). The summed E-state index contributed by atoms with van der Waals surface area (Å²) >= 11 is 0. The molecule has 0 bridgehead atoms. The molecule has 0 aliphatic rings. The molecule has 0 saturated carbocycles. The number of nitrogens with one attached hydrogen (secondary N) is 3. The number of aryl methyl sites for hydroxylation is 1. The van der Waals surface area contributed by atoms with E-state index in [1.807, 2.05) is 6.07 Å². The molecule has 0 aliphatic heterocycles. The maximum absolute atomic E-state index is 5.34. The number of aromatic amines is 1. The van der Waals surface area contributed by atoms with Crippen molar-refractivity contribution in [1.29, 1.82) is 0 Å². The molecule has 1 aromatic carbocycles. The number of H-pyrrole nitrogens is 1. The number of guanidine groups is 1. The Morgan fingerprint density at radius 2 is 2.15 bits per heavy atom. The number of rotatable bonds is 6. The number of hydrogen-bond donors (Lipinski definition) is 3. The van der Waals surface area contributed by atoms with Gasteiger partial charge in [-0.1, -0.05) is 37.2 Å². The Hall–Kier alpha value is -2.76. The SMILES string of the molecule is CN=C(NCCc1c[nH]c2c(C)cccc12)NCc1cc(C(C)C)no1. The van der Waals surface area contributed by atoms with Gasteiger partial charge in [0.05, 0.1) is 12.2 Å². The fourth-order valence-electron chi connectivity index (χ4n) is 2.96. The minimum atomic E-state index is 0.366. The maximum atomic E-state index is 5.34. The number of aliphatic imine (C=N–C) groups is 1. The molecule has 0 unspecified atom stereocenters. The van der Waals surface area contributed by atoms with Gasteiger partial charge in [-0.3, -0.25) is 4.99 Å². The second-order valence-corrected chi connectivity index (χ2v) is 6.79. The number of aromatic nitrogens is 2. The lowest BCUT2D eigenvalue weighted by Gasteiger charge is -2.10. The predicted molar refractivity (Wildman–Crippen MR) is 106 cm³/mol. The van der Waals surface area contributed by atoms with Crippen LogP contribution in [0.1, 0.15) is 42.3 Å². The summed E-state index contributed by atoms with van der Waals surface area (Å²) in [6.07, 6.45) is 3.02. The molecule has 0 aliphatic carbocycles. The second kappa shape index (κ2) is 8.08. The van der Waals surface area contributed by atoms with Gasteiger partial charge >= 0.3 is 0 Å². The van der Waals surface area contributed by atoms with Crippen LogP contribution < -0.4 is 10.6 Å². The Morgan fingerprint density at radius 1 is 1.31 bits per heavy atom. The summed E-state index contributed by atoms with van der Waals surface area (Å²) in [6, 6.07) is 8.38. The lowest BCUT2D eigenvalue weighted by Crippen LogP contribution is -2.37. The van der Waals surface area contributed by atoms with E-state index in [4.69, 9.17) is 4.52 Å². The van der Waals surface area contributed by atoms with E-state index in [2.05, 4.69) is 70.9 Å². The molecule has 26 heavy (non-hydrogen) atoms. The molecule has 0 radical (unpaired) electrons. The summed E-state index contributed by atoms with van der Waals surface area (Å²) in [5.41, 5.74) is 4.77. The molecule has 2 heterocycles. The van der Waals surface area contributed by atoms with Crippen molar-refractivity contribution in [3.63, 3.8) is 0 Å². The van der Waals surface area contributed by atoms with Crippen LogP contribution in [0.4, 0.5) is 0 Å². The van der Waals surface area contributed by atoms with Crippen LogP contribution in [0.25, 0.3) is 10.9 Å². The minimum Gasteiger partial charge on any atom is -0.361 e. The van der Waals surface area contributed by atoms with Gasteiger partial charge in [0.25, 0.3) is 0 Å². The average molecular weight is 353 g/mol. The summed E-state index contributed by atoms with van der Waals surface area (Å²) in [6.45, 7) is 7.68. The Labute approximate surface area is 154 Å². The highest BCUT2D eigenvalue weighted by Crippen LogP contribution is 2.21. The summed E-state index contributed by atoms with van der Waals surface area (Å²) in [4.78, 5) is 7.64. The van der Waals surface area contributed by atoms with Crippen LogP contribution in [-0.4, -0.2) is 29.7 Å². The number of nitrogens with zero attached hydrogens (tertiary/aromatic N) is 2. The van der Waals surface area contributed by atoms with Crippen molar-refractivity contribution in [2.45, 2.75) is 39.7 Å². The molecule has 0 atom stereocenters. The normalized spacial score (nSPS) is 12.1. The number of fused-ring (bicyclic) bond motifs is 1. The number of hydrogen-bond acceptors (Lipinski definition) is 3. The Bertz CT molecular complexity index is 891. The molecule has 3 aromatic rings.